The summed E-state index contributed by atoms with van der Waals surface area (Å²) in [6.45, 7) is 7.05. The number of imidazole rings is 1. The number of rotatable bonds is 6. The summed E-state index contributed by atoms with van der Waals surface area (Å²) in [4.78, 5) is 9.82. The van der Waals surface area contributed by atoms with Gasteiger partial charge in [-0.05, 0) is 35.7 Å². The Hall–Kier alpha value is -3.62. The molecule has 0 bridgehead atoms. The zero-order valence-electron chi connectivity index (χ0n) is 19.1. The summed E-state index contributed by atoms with van der Waals surface area (Å²) in [6.07, 6.45) is 6.35. The minimum Gasteiger partial charge on any atom is -0.355 e. The molecule has 2 aromatic heterocycles. The van der Waals surface area contributed by atoms with Gasteiger partial charge in [-0.25, -0.2) is 4.98 Å². The molecule has 1 fully saturated rings. The van der Waals surface area contributed by atoms with E-state index in [1.54, 1.807) is 0 Å². The molecule has 0 radical (unpaired) electrons. The van der Waals surface area contributed by atoms with Gasteiger partial charge in [-0.1, -0.05) is 68.0 Å². The van der Waals surface area contributed by atoms with E-state index in [-0.39, 0.29) is 0 Å². The molecule has 166 valence electrons. The topological polar surface area (TPSA) is 47.6 Å². The predicted molar refractivity (Wildman–Crippen MR) is 136 cm³/mol. The fraction of sp³-hybridized carbons (Fsp3) is 0.286. The fourth-order valence-corrected chi connectivity index (χ4v) is 4.74. The minimum atomic E-state index is 0.710. The summed E-state index contributed by atoms with van der Waals surface area (Å²) >= 11 is 0. The van der Waals surface area contributed by atoms with Gasteiger partial charge in [0.15, 0.2) is 5.65 Å². The lowest BCUT2D eigenvalue weighted by molar-refractivity contribution is 0.283. The molecule has 5 heteroatoms. The van der Waals surface area contributed by atoms with Crippen molar-refractivity contribution in [2.24, 2.45) is 0 Å². The van der Waals surface area contributed by atoms with Gasteiger partial charge in [-0.2, -0.15) is 5.26 Å². The van der Waals surface area contributed by atoms with Crippen molar-refractivity contribution >= 4 is 28.6 Å². The van der Waals surface area contributed by atoms with Crippen LogP contribution in [0, 0.1) is 11.3 Å². The highest BCUT2D eigenvalue weighted by atomic mass is 15.3. The molecular weight excluding hydrogens is 406 g/mol. The summed E-state index contributed by atoms with van der Waals surface area (Å²) in [6, 6.07) is 23.3. The van der Waals surface area contributed by atoms with Crippen LogP contribution in [0.25, 0.3) is 22.8 Å². The van der Waals surface area contributed by atoms with Gasteiger partial charge in [0.1, 0.15) is 11.9 Å². The smallest absolute Gasteiger partial charge is 0.157 e. The maximum atomic E-state index is 9.94. The molecule has 0 amide bonds. The van der Waals surface area contributed by atoms with Gasteiger partial charge in [0.05, 0.1) is 16.6 Å². The van der Waals surface area contributed by atoms with Gasteiger partial charge in [-0.15, -0.1) is 0 Å². The van der Waals surface area contributed by atoms with E-state index >= 15 is 0 Å². The van der Waals surface area contributed by atoms with Gasteiger partial charge in [0.25, 0.3) is 0 Å². The van der Waals surface area contributed by atoms with E-state index in [2.05, 4.69) is 75.7 Å². The second-order valence-corrected chi connectivity index (χ2v) is 8.62. The lowest BCUT2D eigenvalue weighted by Gasteiger charge is -2.36. The number of piperazine rings is 1. The van der Waals surface area contributed by atoms with E-state index in [4.69, 9.17) is 4.98 Å². The Balaban J connectivity index is 1.42. The molecule has 5 nitrogen and oxygen atoms in total. The van der Waals surface area contributed by atoms with Crippen molar-refractivity contribution in [1.82, 2.24) is 14.3 Å². The van der Waals surface area contributed by atoms with Crippen LogP contribution in [-0.2, 0) is 6.42 Å². The monoisotopic (exact) mass is 435 g/mol. The highest BCUT2D eigenvalue weighted by Crippen LogP contribution is 2.30. The Morgan fingerprint density at radius 2 is 1.76 bits per heavy atom. The Labute approximate surface area is 195 Å². The number of benzene rings is 2. The molecule has 0 spiro atoms. The van der Waals surface area contributed by atoms with E-state index in [0.29, 0.717) is 5.56 Å². The molecule has 33 heavy (non-hydrogen) atoms. The van der Waals surface area contributed by atoms with Crippen molar-refractivity contribution in [1.29, 1.82) is 5.26 Å². The van der Waals surface area contributed by atoms with Crippen molar-refractivity contribution < 1.29 is 0 Å². The third-order valence-electron chi connectivity index (χ3n) is 6.44. The van der Waals surface area contributed by atoms with Gasteiger partial charge in [0, 0.05) is 32.7 Å². The van der Waals surface area contributed by atoms with Crippen molar-refractivity contribution in [2.45, 2.75) is 19.8 Å². The first-order chi connectivity index (χ1) is 16.3. The second-order valence-electron chi connectivity index (χ2n) is 8.62. The van der Waals surface area contributed by atoms with Crippen molar-refractivity contribution in [3.05, 3.63) is 83.4 Å². The van der Waals surface area contributed by atoms with E-state index in [1.807, 2.05) is 24.3 Å². The average Bonchev–Trinajstić information content (AvgIpc) is 3.24. The molecule has 5 rings (SSSR count). The van der Waals surface area contributed by atoms with E-state index < -0.39 is 0 Å². The second kappa shape index (κ2) is 9.48. The highest BCUT2D eigenvalue weighted by Gasteiger charge is 2.23. The molecule has 1 saturated heterocycles. The molecular formula is C28H29N5. The van der Waals surface area contributed by atoms with Crippen LogP contribution in [0.3, 0.4) is 0 Å². The van der Waals surface area contributed by atoms with E-state index in [9.17, 15) is 5.26 Å². The molecule has 0 N–H and O–H groups in total. The van der Waals surface area contributed by atoms with Crippen LogP contribution in [0.15, 0.2) is 66.7 Å². The van der Waals surface area contributed by atoms with Gasteiger partial charge in [-0.3, -0.25) is 9.30 Å². The van der Waals surface area contributed by atoms with Crippen LogP contribution in [0.5, 0.6) is 0 Å². The van der Waals surface area contributed by atoms with Crippen molar-refractivity contribution in [3.63, 3.8) is 0 Å². The van der Waals surface area contributed by atoms with Crippen LogP contribution in [-0.4, -0.2) is 47.0 Å². The summed E-state index contributed by atoms with van der Waals surface area (Å²) in [5.41, 5.74) is 5.84. The van der Waals surface area contributed by atoms with Crippen LogP contribution >= 0.6 is 0 Å². The number of nitriles is 1. The Morgan fingerprint density at radius 3 is 2.52 bits per heavy atom. The first kappa shape index (κ1) is 21.2. The number of hydrogen-bond donors (Lipinski definition) is 0. The standard InChI is InChI=1S/C28H29N5/c1-2-9-23-20-27(33-26-14-7-6-13-25(26)30-28(33)24(23)21-29)32-18-16-31(17-19-32)15-8-12-22-10-4-3-5-11-22/h3-8,10-14,20H,2,9,15-19H2,1H3. The third kappa shape index (κ3) is 4.22. The Morgan fingerprint density at radius 1 is 1.00 bits per heavy atom. The zero-order valence-corrected chi connectivity index (χ0v) is 19.1. The predicted octanol–water partition coefficient (Wildman–Crippen LogP) is 5.15. The number of fused-ring (bicyclic) bond motifs is 3. The van der Waals surface area contributed by atoms with Crippen molar-refractivity contribution in [3.8, 4) is 6.07 Å². The fourth-order valence-electron chi connectivity index (χ4n) is 4.74. The summed E-state index contributed by atoms with van der Waals surface area (Å²) in [5, 5.41) is 9.94. The number of hydrogen-bond acceptors (Lipinski definition) is 4. The van der Waals surface area contributed by atoms with Gasteiger partial charge < -0.3 is 4.90 Å². The summed E-state index contributed by atoms with van der Waals surface area (Å²) in [7, 11) is 0. The molecule has 2 aromatic carbocycles. The Bertz CT molecular complexity index is 1320. The van der Waals surface area contributed by atoms with Crippen LogP contribution in [0.2, 0.25) is 0 Å². The van der Waals surface area contributed by atoms with E-state index in [0.717, 1.165) is 73.6 Å². The molecule has 0 unspecified atom stereocenters. The van der Waals surface area contributed by atoms with Crippen molar-refractivity contribution in [2.75, 3.05) is 37.6 Å². The lowest BCUT2D eigenvalue weighted by Crippen LogP contribution is -2.47. The number of pyridine rings is 1. The third-order valence-corrected chi connectivity index (χ3v) is 6.44. The maximum Gasteiger partial charge on any atom is 0.157 e. The van der Waals surface area contributed by atoms with Crippen LogP contribution < -0.4 is 4.90 Å². The van der Waals surface area contributed by atoms with Crippen LogP contribution in [0.1, 0.15) is 30.0 Å². The number of anilines is 1. The zero-order chi connectivity index (χ0) is 22.6. The normalized spacial score (nSPS) is 15.0. The summed E-state index contributed by atoms with van der Waals surface area (Å²) < 4.78 is 2.19. The van der Waals surface area contributed by atoms with Gasteiger partial charge in [0.2, 0.25) is 0 Å². The average molecular weight is 436 g/mol. The number of nitrogens with zero attached hydrogens (tertiary/aromatic N) is 5. The lowest BCUT2D eigenvalue weighted by atomic mass is 10.1. The molecule has 1 aliphatic rings. The largest absolute Gasteiger partial charge is 0.355 e. The molecule has 4 aromatic rings. The molecule has 3 heterocycles. The van der Waals surface area contributed by atoms with E-state index in [1.165, 1.54) is 5.56 Å². The van der Waals surface area contributed by atoms with Gasteiger partial charge >= 0.3 is 0 Å². The number of para-hydroxylation sites is 2. The molecule has 0 atom stereocenters. The number of aryl methyl sites for hydroxylation is 1. The number of aromatic nitrogens is 2. The Kier molecular flexibility index (Phi) is 6.10. The molecule has 1 aliphatic heterocycles. The minimum absolute atomic E-state index is 0.710. The molecule has 0 aliphatic carbocycles. The maximum absolute atomic E-state index is 9.94. The van der Waals surface area contributed by atoms with Crippen LogP contribution in [0.4, 0.5) is 5.82 Å². The first-order valence-electron chi connectivity index (χ1n) is 11.8. The summed E-state index contributed by atoms with van der Waals surface area (Å²) in [5.74, 6) is 1.15. The highest BCUT2D eigenvalue weighted by molar-refractivity contribution is 5.85. The first-order valence-corrected chi connectivity index (χ1v) is 11.8. The SMILES string of the molecule is CCCc1cc(N2CCN(CC=Cc3ccccc3)CC2)n2c(nc3ccccc32)c1C#N. The quantitative estimate of drug-likeness (QED) is 0.420. The molecule has 0 saturated carbocycles.